The number of hydrogen-bond acceptors (Lipinski definition) is 7. The summed E-state index contributed by atoms with van der Waals surface area (Å²) in [5.74, 6) is -0.106. The minimum Gasteiger partial charge on any atom is -0.507 e. The van der Waals surface area contributed by atoms with Crippen LogP contribution in [0.15, 0.2) is 40.2 Å². The number of carbonyl (C=O) groups is 1. The second kappa shape index (κ2) is 5.98. The van der Waals surface area contributed by atoms with Crippen LogP contribution < -0.4 is 0 Å². The summed E-state index contributed by atoms with van der Waals surface area (Å²) in [5.41, 5.74) is 0.954. The molecular weight excluding hydrogens is 304 g/mol. The number of aryl methyl sites for hydroxylation is 1. The van der Waals surface area contributed by atoms with Crippen molar-refractivity contribution in [3.63, 3.8) is 0 Å². The zero-order valence-electron chi connectivity index (χ0n) is 11.6. The van der Waals surface area contributed by atoms with Crippen molar-refractivity contribution in [1.82, 2.24) is 10.1 Å². The van der Waals surface area contributed by atoms with Crippen LogP contribution in [0.3, 0.4) is 0 Å². The largest absolute Gasteiger partial charge is 0.507 e. The van der Waals surface area contributed by atoms with E-state index >= 15 is 0 Å². The van der Waals surface area contributed by atoms with E-state index in [1.54, 1.807) is 6.07 Å². The number of aromatic nitrogens is 2. The molecule has 0 spiro atoms. The Bertz CT molecular complexity index is 796. The van der Waals surface area contributed by atoms with Crippen molar-refractivity contribution in [1.29, 1.82) is 0 Å². The van der Waals surface area contributed by atoms with Crippen molar-refractivity contribution in [3.05, 3.63) is 52.7 Å². The van der Waals surface area contributed by atoms with E-state index in [2.05, 4.69) is 10.1 Å². The van der Waals surface area contributed by atoms with Gasteiger partial charge in [-0.3, -0.25) is 0 Å². The van der Waals surface area contributed by atoms with Crippen LogP contribution in [0.5, 0.6) is 5.75 Å². The molecule has 0 saturated carbocycles. The van der Waals surface area contributed by atoms with Crippen LogP contribution >= 0.6 is 11.3 Å². The molecular formula is C15H12N2O4S. The van der Waals surface area contributed by atoms with E-state index in [0.29, 0.717) is 5.82 Å². The molecule has 22 heavy (non-hydrogen) atoms. The van der Waals surface area contributed by atoms with Gasteiger partial charge in [0.25, 0.3) is 5.89 Å². The fraction of sp³-hybridized carbons (Fsp3) is 0.133. The molecule has 7 heteroatoms. The molecule has 0 bridgehead atoms. The van der Waals surface area contributed by atoms with Gasteiger partial charge < -0.3 is 14.4 Å². The standard InChI is InChI=1S/C15H12N2O4S/c1-9-4-5-10(11(18)7-9)15(19)20-8-13-16-14(17-21-13)12-3-2-6-22-12/h2-7,18H,8H2,1H3. The van der Waals surface area contributed by atoms with Crippen molar-refractivity contribution >= 4 is 17.3 Å². The van der Waals surface area contributed by atoms with E-state index in [9.17, 15) is 9.90 Å². The minimum atomic E-state index is -0.645. The van der Waals surface area contributed by atoms with Gasteiger partial charge in [-0.1, -0.05) is 17.3 Å². The fourth-order valence-corrected chi connectivity index (χ4v) is 2.49. The molecule has 1 N–H and O–H groups in total. The van der Waals surface area contributed by atoms with E-state index in [1.165, 1.54) is 23.5 Å². The Balaban J connectivity index is 1.66. The quantitative estimate of drug-likeness (QED) is 0.744. The van der Waals surface area contributed by atoms with Crippen molar-refractivity contribution < 1.29 is 19.2 Å². The average Bonchev–Trinajstić information content (AvgIpc) is 3.16. The molecule has 0 aliphatic heterocycles. The SMILES string of the molecule is Cc1ccc(C(=O)OCc2nc(-c3cccs3)no2)c(O)c1. The molecule has 112 valence electrons. The molecule has 0 unspecified atom stereocenters. The summed E-state index contributed by atoms with van der Waals surface area (Å²) < 4.78 is 10.1. The summed E-state index contributed by atoms with van der Waals surface area (Å²) in [6, 6.07) is 8.49. The Hall–Kier alpha value is -2.67. The normalized spacial score (nSPS) is 10.6. The number of thiophene rings is 1. The van der Waals surface area contributed by atoms with E-state index in [-0.39, 0.29) is 23.8 Å². The zero-order chi connectivity index (χ0) is 15.5. The minimum absolute atomic E-state index is 0.101. The molecule has 0 radical (unpaired) electrons. The van der Waals surface area contributed by atoms with E-state index in [0.717, 1.165) is 10.4 Å². The first-order chi connectivity index (χ1) is 10.6. The number of ether oxygens (including phenoxy) is 1. The fourth-order valence-electron chi connectivity index (χ4n) is 1.84. The van der Waals surface area contributed by atoms with Gasteiger partial charge in [0.1, 0.15) is 11.3 Å². The Morgan fingerprint density at radius 3 is 3.00 bits per heavy atom. The molecule has 6 nitrogen and oxygen atoms in total. The van der Waals surface area contributed by atoms with Gasteiger partial charge in [-0.15, -0.1) is 11.3 Å². The number of phenolic OH excluding ortho intramolecular Hbond substituents is 1. The maximum atomic E-state index is 11.9. The number of hydrogen-bond donors (Lipinski definition) is 1. The first kappa shape index (κ1) is 14.3. The molecule has 0 saturated heterocycles. The van der Waals surface area contributed by atoms with Gasteiger partial charge >= 0.3 is 5.97 Å². The van der Waals surface area contributed by atoms with E-state index in [4.69, 9.17) is 9.26 Å². The number of phenols is 1. The lowest BCUT2D eigenvalue weighted by Crippen LogP contribution is -2.05. The van der Waals surface area contributed by atoms with Gasteiger partial charge in [0.05, 0.1) is 4.88 Å². The smallest absolute Gasteiger partial charge is 0.342 e. The second-order valence-electron chi connectivity index (χ2n) is 4.59. The highest BCUT2D eigenvalue weighted by Crippen LogP contribution is 2.22. The van der Waals surface area contributed by atoms with Crippen LogP contribution in [0, 0.1) is 6.92 Å². The van der Waals surface area contributed by atoms with Crippen molar-refractivity contribution in [2.75, 3.05) is 0 Å². The highest BCUT2D eigenvalue weighted by atomic mass is 32.1. The highest BCUT2D eigenvalue weighted by Gasteiger charge is 2.15. The van der Waals surface area contributed by atoms with Crippen molar-refractivity contribution in [2.45, 2.75) is 13.5 Å². The molecule has 0 aliphatic rings. The number of carbonyl (C=O) groups excluding carboxylic acids is 1. The molecule has 0 aliphatic carbocycles. The van der Waals surface area contributed by atoms with Gasteiger partial charge in [0.15, 0.2) is 6.61 Å². The van der Waals surface area contributed by atoms with Crippen LogP contribution in [0.2, 0.25) is 0 Å². The van der Waals surface area contributed by atoms with Crippen LogP contribution in [0.4, 0.5) is 0 Å². The van der Waals surface area contributed by atoms with Gasteiger partial charge in [0.2, 0.25) is 5.82 Å². The number of rotatable bonds is 4. The Morgan fingerprint density at radius 1 is 1.41 bits per heavy atom. The Labute approximate surface area is 130 Å². The third-order valence-corrected chi connectivity index (χ3v) is 3.78. The summed E-state index contributed by atoms with van der Waals surface area (Å²) in [6.45, 7) is 1.67. The predicted molar refractivity (Wildman–Crippen MR) is 79.6 cm³/mol. The number of esters is 1. The van der Waals surface area contributed by atoms with Crippen LogP contribution in [0.1, 0.15) is 21.8 Å². The molecule has 1 aromatic carbocycles. The van der Waals surface area contributed by atoms with Gasteiger partial charge in [-0.2, -0.15) is 4.98 Å². The molecule has 2 aromatic heterocycles. The molecule has 0 atom stereocenters. The summed E-state index contributed by atoms with van der Waals surface area (Å²) >= 11 is 1.49. The summed E-state index contributed by atoms with van der Waals surface area (Å²) in [7, 11) is 0. The Morgan fingerprint density at radius 2 is 2.27 bits per heavy atom. The van der Waals surface area contributed by atoms with Crippen LogP contribution in [-0.2, 0) is 11.3 Å². The molecule has 3 rings (SSSR count). The lowest BCUT2D eigenvalue weighted by Gasteiger charge is -2.04. The van der Waals surface area contributed by atoms with E-state index < -0.39 is 5.97 Å². The number of nitrogens with zero attached hydrogens (tertiary/aromatic N) is 2. The Kier molecular flexibility index (Phi) is 3.88. The van der Waals surface area contributed by atoms with E-state index in [1.807, 2.05) is 24.4 Å². The lowest BCUT2D eigenvalue weighted by molar-refractivity contribution is 0.0426. The van der Waals surface area contributed by atoms with Crippen molar-refractivity contribution in [3.8, 4) is 16.5 Å². The van der Waals surface area contributed by atoms with Crippen LogP contribution in [0.25, 0.3) is 10.7 Å². The maximum Gasteiger partial charge on any atom is 0.342 e. The summed E-state index contributed by atoms with van der Waals surface area (Å²) in [4.78, 5) is 16.9. The van der Waals surface area contributed by atoms with Gasteiger partial charge in [0, 0.05) is 0 Å². The van der Waals surface area contributed by atoms with Gasteiger partial charge in [-0.05, 0) is 36.1 Å². The third kappa shape index (κ3) is 2.99. The highest BCUT2D eigenvalue weighted by molar-refractivity contribution is 7.13. The third-order valence-electron chi connectivity index (χ3n) is 2.91. The number of aromatic hydroxyl groups is 1. The topological polar surface area (TPSA) is 85.5 Å². The zero-order valence-corrected chi connectivity index (χ0v) is 12.5. The lowest BCUT2D eigenvalue weighted by atomic mass is 10.1. The summed E-state index contributed by atoms with van der Waals surface area (Å²) in [5, 5.41) is 15.5. The maximum absolute atomic E-state index is 11.9. The van der Waals surface area contributed by atoms with Crippen LogP contribution in [-0.4, -0.2) is 21.2 Å². The number of benzene rings is 1. The predicted octanol–water partition coefficient (Wildman–Crippen LogP) is 3.17. The molecule has 3 aromatic rings. The second-order valence-corrected chi connectivity index (χ2v) is 5.53. The molecule has 2 heterocycles. The van der Waals surface area contributed by atoms with Crippen molar-refractivity contribution in [2.24, 2.45) is 0 Å². The molecule has 0 amide bonds. The molecule has 0 fully saturated rings. The first-order valence-electron chi connectivity index (χ1n) is 6.46. The van der Waals surface area contributed by atoms with Gasteiger partial charge in [-0.25, -0.2) is 4.79 Å². The average molecular weight is 316 g/mol. The summed E-state index contributed by atoms with van der Waals surface area (Å²) in [6.07, 6.45) is 0. The monoisotopic (exact) mass is 316 g/mol. The first-order valence-corrected chi connectivity index (χ1v) is 7.34.